The van der Waals surface area contributed by atoms with Crippen LogP contribution in [-0.2, 0) is 4.79 Å². The minimum absolute atomic E-state index is 0.0159. The summed E-state index contributed by atoms with van der Waals surface area (Å²) < 4.78 is 0. The van der Waals surface area contributed by atoms with Crippen LogP contribution in [-0.4, -0.2) is 28.8 Å². The molecule has 0 spiro atoms. The Morgan fingerprint density at radius 1 is 1.24 bits per heavy atom. The van der Waals surface area contributed by atoms with Gasteiger partial charge in [0, 0.05) is 29.4 Å². The van der Waals surface area contributed by atoms with Gasteiger partial charge in [-0.2, -0.15) is 0 Å². The minimum Gasteiger partial charge on any atom is -0.389 e. The van der Waals surface area contributed by atoms with Crippen molar-refractivity contribution in [1.29, 1.82) is 0 Å². The maximum atomic E-state index is 12.4. The van der Waals surface area contributed by atoms with E-state index < -0.39 is 23.8 Å². The van der Waals surface area contributed by atoms with Crippen molar-refractivity contribution in [3.8, 4) is 11.8 Å². The van der Waals surface area contributed by atoms with Crippen molar-refractivity contribution in [2.24, 2.45) is 17.6 Å². The van der Waals surface area contributed by atoms with Crippen molar-refractivity contribution in [2.45, 2.75) is 39.7 Å². The van der Waals surface area contributed by atoms with Crippen LogP contribution >= 0.6 is 0 Å². The van der Waals surface area contributed by atoms with Gasteiger partial charge in [-0.25, -0.2) is 0 Å². The molecule has 0 saturated heterocycles. The van der Waals surface area contributed by atoms with Crippen LogP contribution in [0.3, 0.4) is 0 Å². The summed E-state index contributed by atoms with van der Waals surface area (Å²) in [6.07, 6.45) is 3.65. The SMILES string of the molecule is CC(C)C#C/C=C/c1ccc(C(=O)C[C@H](C(=O)CO)C(C)(C)N)cc1. The molecule has 4 nitrogen and oxygen atoms in total. The number of allylic oxidation sites excluding steroid dienone is 1. The van der Waals surface area contributed by atoms with E-state index in [4.69, 9.17) is 10.8 Å². The summed E-state index contributed by atoms with van der Waals surface area (Å²) in [5, 5.41) is 9.09. The van der Waals surface area contributed by atoms with E-state index in [-0.39, 0.29) is 12.2 Å². The third-order valence-electron chi connectivity index (χ3n) is 3.80. The van der Waals surface area contributed by atoms with Gasteiger partial charge in [-0.3, -0.25) is 9.59 Å². The predicted molar refractivity (Wildman–Crippen MR) is 101 cm³/mol. The van der Waals surface area contributed by atoms with Crippen molar-refractivity contribution in [3.05, 3.63) is 41.5 Å². The topological polar surface area (TPSA) is 80.4 Å². The van der Waals surface area contributed by atoms with Crippen molar-refractivity contribution < 1.29 is 14.7 Å². The van der Waals surface area contributed by atoms with Gasteiger partial charge in [-0.05, 0) is 31.6 Å². The summed E-state index contributed by atoms with van der Waals surface area (Å²) in [6, 6.07) is 7.11. The van der Waals surface area contributed by atoms with Gasteiger partial charge in [0.2, 0.25) is 0 Å². The molecule has 1 aromatic carbocycles. The number of carbonyl (C=O) groups excluding carboxylic acids is 2. The average Bonchev–Trinajstić information content (AvgIpc) is 2.55. The Bertz CT molecular complexity index is 683. The number of Topliss-reactive ketones (excluding diaryl/α,β-unsaturated/α-hetero) is 2. The Balaban J connectivity index is 2.83. The van der Waals surface area contributed by atoms with Gasteiger partial charge in [-0.1, -0.05) is 50.0 Å². The molecule has 25 heavy (non-hydrogen) atoms. The van der Waals surface area contributed by atoms with Crippen LogP contribution in [0, 0.1) is 23.7 Å². The Labute approximate surface area is 150 Å². The van der Waals surface area contributed by atoms with E-state index in [1.807, 2.05) is 32.1 Å². The van der Waals surface area contributed by atoms with Crippen molar-refractivity contribution in [3.63, 3.8) is 0 Å². The standard InChI is InChI=1S/C21H27NO3/c1-15(2)7-5-6-8-16-9-11-17(12-10-16)19(24)13-18(20(25)14-23)21(3,4)22/h6,8-12,15,18,23H,13-14,22H2,1-4H3/b8-6+/t18-/m1/s1. The number of benzene rings is 1. The zero-order valence-electron chi connectivity index (χ0n) is 15.4. The molecule has 1 aromatic rings. The fourth-order valence-electron chi connectivity index (χ4n) is 2.34. The molecule has 0 amide bonds. The number of nitrogens with two attached hydrogens (primary N) is 1. The summed E-state index contributed by atoms with van der Waals surface area (Å²) in [5.74, 6) is 5.04. The second kappa shape index (κ2) is 9.31. The highest BCUT2D eigenvalue weighted by molar-refractivity contribution is 5.99. The highest BCUT2D eigenvalue weighted by Gasteiger charge is 2.33. The first-order valence-corrected chi connectivity index (χ1v) is 8.38. The summed E-state index contributed by atoms with van der Waals surface area (Å²) in [6.45, 7) is 6.81. The van der Waals surface area contributed by atoms with Gasteiger partial charge >= 0.3 is 0 Å². The average molecular weight is 341 g/mol. The number of aliphatic hydroxyl groups excluding tert-OH is 1. The summed E-state index contributed by atoms with van der Waals surface area (Å²) in [4.78, 5) is 24.3. The van der Waals surface area contributed by atoms with E-state index in [1.165, 1.54) is 0 Å². The summed E-state index contributed by atoms with van der Waals surface area (Å²) in [7, 11) is 0. The van der Waals surface area contributed by atoms with Gasteiger partial charge in [0.15, 0.2) is 11.6 Å². The van der Waals surface area contributed by atoms with E-state index in [0.29, 0.717) is 11.5 Å². The molecule has 0 heterocycles. The van der Waals surface area contributed by atoms with Gasteiger partial charge in [0.1, 0.15) is 6.61 Å². The Kier molecular flexibility index (Phi) is 7.76. The Morgan fingerprint density at radius 3 is 2.32 bits per heavy atom. The van der Waals surface area contributed by atoms with Crippen LogP contribution < -0.4 is 5.73 Å². The minimum atomic E-state index is -0.868. The Morgan fingerprint density at radius 2 is 1.84 bits per heavy atom. The molecule has 4 heteroatoms. The van der Waals surface area contributed by atoms with Gasteiger partial charge in [0.05, 0.1) is 0 Å². The van der Waals surface area contributed by atoms with Gasteiger partial charge < -0.3 is 10.8 Å². The molecule has 0 aliphatic carbocycles. The van der Waals surface area contributed by atoms with Crippen molar-refractivity contribution >= 4 is 17.6 Å². The fourth-order valence-corrected chi connectivity index (χ4v) is 2.34. The number of hydrogen-bond acceptors (Lipinski definition) is 4. The number of ketones is 2. The fraction of sp³-hybridized carbons (Fsp3) is 0.429. The first-order valence-electron chi connectivity index (χ1n) is 8.38. The quantitative estimate of drug-likeness (QED) is 0.590. The highest BCUT2D eigenvalue weighted by atomic mass is 16.3. The zero-order chi connectivity index (χ0) is 19.0. The molecule has 0 aromatic heterocycles. The Hall–Kier alpha value is -2.22. The smallest absolute Gasteiger partial charge is 0.163 e. The van der Waals surface area contributed by atoms with Crippen LogP contribution in [0.25, 0.3) is 6.08 Å². The molecule has 1 atom stereocenters. The molecular weight excluding hydrogens is 314 g/mol. The molecule has 134 valence electrons. The molecule has 0 aliphatic rings. The monoisotopic (exact) mass is 341 g/mol. The van der Waals surface area contributed by atoms with E-state index in [9.17, 15) is 9.59 Å². The van der Waals surface area contributed by atoms with E-state index in [1.54, 1.807) is 32.1 Å². The highest BCUT2D eigenvalue weighted by Crippen LogP contribution is 2.21. The maximum Gasteiger partial charge on any atom is 0.163 e. The molecule has 0 radical (unpaired) electrons. The van der Waals surface area contributed by atoms with Gasteiger partial charge in [0.25, 0.3) is 0 Å². The lowest BCUT2D eigenvalue weighted by Crippen LogP contribution is -2.46. The molecular formula is C21H27NO3. The van der Waals surface area contributed by atoms with Crippen molar-refractivity contribution in [2.75, 3.05) is 6.61 Å². The molecule has 3 N–H and O–H groups in total. The molecule has 0 aliphatic heterocycles. The van der Waals surface area contributed by atoms with E-state index in [0.717, 1.165) is 5.56 Å². The molecule has 1 rings (SSSR count). The van der Waals surface area contributed by atoms with Crippen LogP contribution in [0.1, 0.15) is 50.0 Å². The number of carbonyl (C=O) groups is 2. The van der Waals surface area contributed by atoms with Crippen LogP contribution in [0.5, 0.6) is 0 Å². The second-order valence-electron chi connectivity index (χ2n) is 7.02. The first kappa shape index (κ1) is 20.8. The predicted octanol–water partition coefficient (Wildman–Crippen LogP) is 2.85. The number of hydrogen-bond donors (Lipinski definition) is 2. The third-order valence-corrected chi connectivity index (χ3v) is 3.80. The lowest BCUT2D eigenvalue weighted by Gasteiger charge is -2.28. The van der Waals surface area contributed by atoms with E-state index >= 15 is 0 Å². The first-order chi connectivity index (χ1) is 11.6. The van der Waals surface area contributed by atoms with E-state index in [2.05, 4.69) is 11.8 Å². The molecule has 0 bridgehead atoms. The zero-order valence-corrected chi connectivity index (χ0v) is 15.4. The summed E-state index contributed by atoms with van der Waals surface area (Å²) in [5.41, 5.74) is 6.58. The largest absolute Gasteiger partial charge is 0.389 e. The van der Waals surface area contributed by atoms with Crippen LogP contribution in [0.15, 0.2) is 30.3 Å². The lowest BCUT2D eigenvalue weighted by atomic mass is 9.80. The second-order valence-corrected chi connectivity index (χ2v) is 7.02. The maximum absolute atomic E-state index is 12.4. The van der Waals surface area contributed by atoms with Gasteiger partial charge in [-0.15, -0.1) is 0 Å². The number of rotatable bonds is 7. The van der Waals surface area contributed by atoms with Crippen LogP contribution in [0.2, 0.25) is 0 Å². The number of aliphatic hydroxyl groups is 1. The molecule has 0 saturated carbocycles. The summed E-state index contributed by atoms with van der Waals surface area (Å²) >= 11 is 0. The lowest BCUT2D eigenvalue weighted by molar-refractivity contribution is -0.127. The van der Waals surface area contributed by atoms with Crippen molar-refractivity contribution in [1.82, 2.24) is 0 Å². The molecule has 0 unspecified atom stereocenters. The third kappa shape index (κ3) is 7.04. The van der Waals surface area contributed by atoms with Crippen LogP contribution in [0.4, 0.5) is 0 Å². The normalized spacial score (nSPS) is 12.8. The molecule has 0 fully saturated rings.